The van der Waals surface area contributed by atoms with Crippen molar-refractivity contribution in [3.05, 3.63) is 0 Å². The fourth-order valence-corrected chi connectivity index (χ4v) is 1.75. The molecule has 1 rings (SSSR count). The van der Waals surface area contributed by atoms with Crippen LogP contribution in [0.1, 0.15) is 19.3 Å². The Kier molecular flexibility index (Phi) is 4.58. The smallest absolute Gasteiger partial charge is 0.0588 e. The molecule has 0 saturated carbocycles. The zero-order valence-electron chi connectivity index (χ0n) is 7.96. The molecule has 12 heavy (non-hydrogen) atoms. The van der Waals surface area contributed by atoms with Gasteiger partial charge in [-0.3, -0.25) is 0 Å². The maximum Gasteiger partial charge on any atom is 0.0588 e. The molecule has 1 aliphatic heterocycles. The zero-order valence-corrected chi connectivity index (χ0v) is 7.96. The van der Waals surface area contributed by atoms with Gasteiger partial charge in [0.1, 0.15) is 0 Å². The fourth-order valence-electron chi connectivity index (χ4n) is 1.75. The highest BCUT2D eigenvalue weighted by atomic mass is 16.5. The van der Waals surface area contributed by atoms with Gasteiger partial charge < -0.3 is 15.4 Å². The van der Waals surface area contributed by atoms with E-state index >= 15 is 0 Å². The highest BCUT2D eigenvalue weighted by Gasteiger charge is 2.19. The zero-order chi connectivity index (χ0) is 8.81. The van der Waals surface area contributed by atoms with Crippen LogP contribution < -0.4 is 5.73 Å². The van der Waals surface area contributed by atoms with Crippen molar-refractivity contribution < 1.29 is 4.74 Å². The number of hydrogen-bond donors (Lipinski definition) is 1. The van der Waals surface area contributed by atoms with E-state index in [1.807, 2.05) is 0 Å². The van der Waals surface area contributed by atoms with Crippen LogP contribution in [0.2, 0.25) is 0 Å². The van der Waals surface area contributed by atoms with E-state index in [4.69, 9.17) is 10.5 Å². The van der Waals surface area contributed by atoms with Gasteiger partial charge in [0.05, 0.1) is 6.61 Å². The van der Waals surface area contributed by atoms with Crippen molar-refractivity contribution in [1.29, 1.82) is 0 Å². The SMILES string of the molecule is CN1CCCC1CCOCCN. The summed E-state index contributed by atoms with van der Waals surface area (Å²) in [6, 6.07) is 0.753. The molecule has 0 aliphatic carbocycles. The molecule has 1 saturated heterocycles. The van der Waals surface area contributed by atoms with Crippen molar-refractivity contribution >= 4 is 0 Å². The van der Waals surface area contributed by atoms with E-state index in [1.54, 1.807) is 0 Å². The van der Waals surface area contributed by atoms with E-state index in [-0.39, 0.29) is 0 Å². The number of hydrogen-bond acceptors (Lipinski definition) is 3. The summed E-state index contributed by atoms with van der Waals surface area (Å²) in [5, 5.41) is 0. The average molecular weight is 172 g/mol. The Morgan fingerprint density at radius 2 is 2.33 bits per heavy atom. The van der Waals surface area contributed by atoms with Crippen molar-refractivity contribution in [2.24, 2.45) is 5.73 Å². The normalized spacial score (nSPS) is 25.0. The van der Waals surface area contributed by atoms with Crippen molar-refractivity contribution in [3.63, 3.8) is 0 Å². The van der Waals surface area contributed by atoms with Gasteiger partial charge in [-0.25, -0.2) is 0 Å². The summed E-state index contributed by atoms with van der Waals surface area (Å²) in [6.45, 7) is 3.46. The summed E-state index contributed by atoms with van der Waals surface area (Å²) < 4.78 is 5.34. The van der Waals surface area contributed by atoms with E-state index in [0.717, 1.165) is 19.1 Å². The second-order valence-corrected chi connectivity index (χ2v) is 3.47. The Morgan fingerprint density at radius 3 is 2.92 bits per heavy atom. The van der Waals surface area contributed by atoms with E-state index in [2.05, 4.69) is 11.9 Å². The number of nitrogens with zero attached hydrogens (tertiary/aromatic N) is 1. The molecule has 2 N–H and O–H groups in total. The van der Waals surface area contributed by atoms with Gasteiger partial charge in [-0.05, 0) is 32.9 Å². The Bertz CT molecular complexity index is 119. The van der Waals surface area contributed by atoms with Gasteiger partial charge in [-0.2, -0.15) is 0 Å². The molecule has 1 atom stereocenters. The molecule has 3 heteroatoms. The predicted octanol–water partition coefficient (Wildman–Crippen LogP) is 0.446. The number of ether oxygens (including phenoxy) is 1. The first-order valence-corrected chi connectivity index (χ1v) is 4.82. The summed E-state index contributed by atoms with van der Waals surface area (Å²) in [5.41, 5.74) is 5.31. The van der Waals surface area contributed by atoms with Crippen LogP contribution in [0, 0.1) is 0 Å². The van der Waals surface area contributed by atoms with Gasteiger partial charge in [-0.1, -0.05) is 0 Å². The summed E-state index contributed by atoms with van der Waals surface area (Å²) in [6.07, 6.45) is 3.84. The van der Waals surface area contributed by atoms with Gasteiger partial charge in [0.2, 0.25) is 0 Å². The molecule has 1 unspecified atom stereocenters. The molecule has 72 valence electrons. The standard InChI is InChI=1S/C9H20N2O/c1-11-6-2-3-9(11)4-7-12-8-5-10/h9H,2-8,10H2,1H3. The Balaban J connectivity index is 1.98. The third-order valence-corrected chi connectivity index (χ3v) is 2.53. The van der Waals surface area contributed by atoms with Gasteiger partial charge in [0.15, 0.2) is 0 Å². The number of nitrogens with two attached hydrogens (primary N) is 1. The van der Waals surface area contributed by atoms with Crippen molar-refractivity contribution in [3.8, 4) is 0 Å². The van der Waals surface area contributed by atoms with Crippen LogP contribution in [0.5, 0.6) is 0 Å². The van der Waals surface area contributed by atoms with Gasteiger partial charge in [0, 0.05) is 19.2 Å². The highest BCUT2D eigenvalue weighted by Crippen LogP contribution is 2.17. The largest absolute Gasteiger partial charge is 0.380 e. The summed E-state index contributed by atoms with van der Waals surface area (Å²) in [5.74, 6) is 0. The lowest BCUT2D eigenvalue weighted by Gasteiger charge is -2.18. The van der Waals surface area contributed by atoms with Crippen molar-refractivity contribution in [2.45, 2.75) is 25.3 Å². The van der Waals surface area contributed by atoms with Gasteiger partial charge >= 0.3 is 0 Å². The molecule has 1 aliphatic rings. The molecule has 0 bridgehead atoms. The van der Waals surface area contributed by atoms with E-state index < -0.39 is 0 Å². The molecule has 0 radical (unpaired) electrons. The molecule has 0 aromatic heterocycles. The topological polar surface area (TPSA) is 38.5 Å². The molecular weight excluding hydrogens is 152 g/mol. The lowest BCUT2D eigenvalue weighted by Crippen LogP contribution is -2.26. The van der Waals surface area contributed by atoms with E-state index in [0.29, 0.717) is 13.2 Å². The van der Waals surface area contributed by atoms with Crippen LogP contribution in [-0.2, 0) is 4.74 Å². The minimum atomic E-state index is 0.639. The van der Waals surface area contributed by atoms with Crippen LogP contribution in [0.25, 0.3) is 0 Å². The fraction of sp³-hybridized carbons (Fsp3) is 1.00. The monoisotopic (exact) mass is 172 g/mol. The maximum atomic E-state index is 5.34. The third kappa shape index (κ3) is 3.09. The molecular formula is C9H20N2O. The second-order valence-electron chi connectivity index (χ2n) is 3.47. The van der Waals surface area contributed by atoms with Crippen LogP contribution >= 0.6 is 0 Å². The minimum Gasteiger partial charge on any atom is -0.380 e. The molecule has 3 nitrogen and oxygen atoms in total. The maximum absolute atomic E-state index is 5.34. The lowest BCUT2D eigenvalue weighted by molar-refractivity contribution is 0.119. The number of rotatable bonds is 5. The van der Waals surface area contributed by atoms with Crippen LogP contribution in [0.4, 0.5) is 0 Å². The summed E-state index contributed by atoms with van der Waals surface area (Å²) in [4.78, 5) is 2.42. The molecule has 1 fully saturated rings. The van der Waals surface area contributed by atoms with E-state index in [1.165, 1.54) is 19.4 Å². The third-order valence-electron chi connectivity index (χ3n) is 2.53. The van der Waals surface area contributed by atoms with Crippen molar-refractivity contribution in [2.75, 3.05) is 33.4 Å². The minimum absolute atomic E-state index is 0.639. The molecule has 0 spiro atoms. The quantitative estimate of drug-likeness (QED) is 0.612. The molecule has 0 aromatic carbocycles. The van der Waals surface area contributed by atoms with Gasteiger partial charge in [-0.15, -0.1) is 0 Å². The first-order valence-electron chi connectivity index (χ1n) is 4.82. The first-order chi connectivity index (χ1) is 5.84. The van der Waals surface area contributed by atoms with Crippen LogP contribution in [0.3, 0.4) is 0 Å². The second kappa shape index (κ2) is 5.51. The average Bonchev–Trinajstić information content (AvgIpc) is 2.46. The molecule has 1 heterocycles. The Labute approximate surface area is 74.9 Å². The lowest BCUT2D eigenvalue weighted by atomic mass is 10.1. The Morgan fingerprint density at radius 1 is 1.50 bits per heavy atom. The first kappa shape index (κ1) is 9.96. The van der Waals surface area contributed by atoms with Gasteiger partial charge in [0.25, 0.3) is 0 Å². The van der Waals surface area contributed by atoms with Crippen molar-refractivity contribution in [1.82, 2.24) is 4.90 Å². The summed E-state index contributed by atoms with van der Waals surface area (Å²) in [7, 11) is 2.20. The Hall–Kier alpha value is -0.120. The molecule has 0 aromatic rings. The van der Waals surface area contributed by atoms with E-state index in [9.17, 15) is 0 Å². The number of likely N-dealkylation sites (tertiary alicyclic amines) is 1. The molecule has 0 amide bonds. The van der Waals surface area contributed by atoms with Crippen LogP contribution in [-0.4, -0.2) is 44.3 Å². The highest BCUT2D eigenvalue weighted by molar-refractivity contribution is 4.75. The predicted molar refractivity (Wildman–Crippen MR) is 50.1 cm³/mol. The summed E-state index contributed by atoms with van der Waals surface area (Å²) >= 11 is 0. The van der Waals surface area contributed by atoms with Crippen LogP contribution in [0.15, 0.2) is 0 Å².